The number of nitrogens with zero attached hydrogens (tertiary/aromatic N) is 3. The molecule has 0 aromatic carbocycles. The first-order valence-corrected chi connectivity index (χ1v) is 7.13. The molecule has 0 spiro atoms. The van der Waals surface area contributed by atoms with Crippen LogP contribution in [0.25, 0.3) is 4.96 Å². The molecule has 0 atom stereocenters. The number of aromatic nitrogens is 3. The Bertz CT molecular complexity index is 548. The topological polar surface area (TPSA) is 50.4 Å². The zero-order valence-electron chi connectivity index (χ0n) is 11.7. The van der Waals surface area contributed by atoms with Gasteiger partial charge < -0.3 is 5.11 Å². The summed E-state index contributed by atoms with van der Waals surface area (Å²) in [5.74, 6) is 0.584. The van der Waals surface area contributed by atoms with Crippen molar-refractivity contribution in [3.05, 3.63) is 16.4 Å². The number of fused-ring (bicyclic) bond motifs is 1. The van der Waals surface area contributed by atoms with Crippen molar-refractivity contribution < 1.29 is 5.11 Å². The van der Waals surface area contributed by atoms with Crippen molar-refractivity contribution in [2.24, 2.45) is 5.92 Å². The van der Waals surface area contributed by atoms with Crippen LogP contribution in [0.3, 0.4) is 0 Å². The first kappa shape index (κ1) is 13.5. The quantitative estimate of drug-likeness (QED) is 0.930. The van der Waals surface area contributed by atoms with Crippen molar-refractivity contribution in [1.82, 2.24) is 14.6 Å². The van der Waals surface area contributed by atoms with Crippen molar-refractivity contribution in [1.29, 1.82) is 0 Å². The fourth-order valence-electron chi connectivity index (χ4n) is 2.00. The lowest BCUT2D eigenvalue weighted by molar-refractivity contribution is 0.270. The summed E-state index contributed by atoms with van der Waals surface area (Å²) in [7, 11) is 0. The van der Waals surface area contributed by atoms with Gasteiger partial charge in [0, 0.05) is 11.8 Å². The van der Waals surface area contributed by atoms with E-state index in [4.69, 9.17) is 0 Å². The predicted molar refractivity (Wildman–Crippen MR) is 74.0 cm³/mol. The van der Waals surface area contributed by atoms with Crippen molar-refractivity contribution in [3.8, 4) is 0 Å². The molecule has 0 radical (unpaired) electrons. The van der Waals surface area contributed by atoms with Crippen molar-refractivity contribution >= 4 is 16.3 Å². The third-order valence-corrected chi connectivity index (χ3v) is 3.71. The molecule has 0 bridgehead atoms. The first-order valence-electron chi connectivity index (χ1n) is 6.31. The molecular weight excluding hydrogens is 246 g/mol. The van der Waals surface area contributed by atoms with Gasteiger partial charge in [-0.1, -0.05) is 46.0 Å². The molecule has 0 amide bonds. The van der Waals surface area contributed by atoms with Gasteiger partial charge >= 0.3 is 0 Å². The van der Waals surface area contributed by atoms with Crippen LogP contribution in [-0.2, 0) is 18.4 Å². The molecule has 2 aromatic rings. The number of hydrogen-bond donors (Lipinski definition) is 1. The highest BCUT2D eigenvalue weighted by Crippen LogP contribution is 2.28. The number of hydrogen-bond acceptors (Lipinski definition) is 4. The molecule has 0 aliphatic carbocycles. The Hall–Kier alpha value is -0.940. The lowest BCUT2D eigenvalue weighted by Gasteiger charge is -2.16. The van der Waals surface area contributed by atoms with Gasteiger partial charge in [-0.2, -0.15) is 5.10 Å². The Morgan fingerprint density at radius 3 is 2.50 bits per heavy atom. The van der Waals surface area contributed by atoms with E-state index in [1.54, 1.807) is 11.3 Å². The minimum absolute atomic E-state index is 0.0153. The molecule has 5 heteroatoms. The average Bonchev–Trinajstić information content (AvgIpc) is 2.71. The molecule has 1 N–H and O–H groups in total. The van der Waals surface area contributed by atoms with E-state index in [9.17, 15) is 5.11 Å². The van der Waals surface area contributed by atoms with Crippen molar-refractivity contribution in [2.45, 2.75) is 53.1 Å². The summed E-state index contributed by atoms with van der Waals surface area (Å²) in [6.45, 7) is 10.7. The van der Waals surface area contributed by atoms with Crippen LogP contribution in [-0.4, -0.2) is 19.7 Å². The standard InChI is InChI=1S/C13H21N3OS/c1-8(2)6-10-15-16-9(7-17)11(13(3,4)5)14-12(16)18-10/h8,17H,6-7H2,1-5H3. The van der Waals surface area contributed by atoms with Gasteiger partial charge in [-0.15, -0.1) is 0 Å². The SMILES string of the molecule is CC(C)Cc1nn2c(CO)c(C(C)(C)C)nc2s1. The van der Waals surface area contributed by atoms with Crippen LogP contribution in [0.15, 0.2) is 0 Å². The van der Waals surface area contributed by atoms with Crippen LogP contribution in [0, 0.1) is 5.92 Å². The summed E-state index contributed by atoms with van der Waals surface area (Å²) in [5.41, 5.74) is 1.70. The lowest BCUT2D eigenvalue weighted by atomic mass is 9.91. The molecule has 0 aliphatic rings. The Labute approximate surface area is 112 Å². The fourth-order valence-corrected chi connectivity index (χ4v) is 3.13. The third kappa shape index (κ3) is 2.42. The minimum atomic E-state index is -0.0658. The van der Waals surface area contributed by atoms with E-state index in [2.05, 4.69) is 44.7 Å². The smallest absolute Gasteiger partial charge is 0.212 e. The summed E-state index contributed by atoms with van der Waals surface area (Å²) < 4.78 is 1.81. The number of aliphatic hydroxyl groups is 1. The van der Waals surface area contributed by atoms with Gasteiger partial charge in [-0.05, 0) is 5.92 Å². The summed E-state index contributed by atoms with van der Waals surface area (Å²) in [5, 5.41) is 15.2. The average molecular weight is 267 g/mol. The normalized spacial score (nSPS) is 12.8. The van der Waals surface area contributed by atoms with Gasteiger partial charge in [0.05, 0.1) is 18.0 Å². The monoisotopic (exact) mass is 267 g/mol. The van der Waals surface area contributed by atoms with E-state index in [1.165, 1.54) is 0 Å². The summed E-state index contributed by atoms with van der Waals surface area (Å²) in [6.07, 6.45) is 0.962. The Morgan fingerprint density at radius 2 is 2.00 bits per heavy atom. The highest BCUT2D eigenvalue weighted by Gasteiger charge is 2.25. The number of imidazole rings is 1. The second kappa shape index (κ2) is 4.63. The van der Waals surface area contributed by atoms with Gasteiger partial charge in [0.15, 0.2) is 0 Å². The van der Waals surface area contributed by atoms with Gasteiger partial charge in [0.2, 0.25) is 4.96 Å². The minimum Gasteiger partial charge on any atom is -0.390 e. The maximum atomic E-state index is 9.56. The lowest BCUT2D eigenvalue weighted by Crippen LogP contribution is -2.15. The second-order valence-electron chi connectivity index (χ2n) is 6.10. The predicted octanol–water partition coefficient (Wildman–Crippen LogP) is 2.78. The largest absolute Gasteiger partial charge is 0.390 e. The molecule has 2 aromatic heterocycles. The van der Waals surface area contributed by atoms with Gasteiger partial charge in [-0.3, -0.25) is 0 Å². The van der Waals surface area contributed by atoms with E-state index >= 15 is 0 Å². The van der Waals surface area contributed by atoms with Crippen LogP contribution in [0.4, 0.5) is 0 Å². The van der Waals surface area contributed by atoms with E-state index in [0.717, 1.165) is 27.8 Å². The summed E-state index contributed by atoms with van der Waals surface area (Å²) >= 11 is 1.62. The fraction of sp³-hybridized carbons (Fsp3) is 0.692. The molecule has 0 saturated heterocycles. The highest BCUT2D eigenvalue weighted by atomic mass is 32.1. The number of rotatable bonds is 3. The van der Waals surface area contributed by atoms with Gasteiger partial charge in [-0.25, -0.2) is 9.50 Å². The number of aliphatic hydroxyl groups excluding tert-OH is 1. The Kier molecular flexibility index (Phi) is 3.47. The summed E-state index contributed by atoms with van der Waals surface area (Å²) in [4.78, 5) is 5.53. The van der Waals surface area contributed by atoms with E-state index in [1.807, 2.05) is 4.52 Å². The molecule has 0 saturated carbocycles. The van der Waals surface area contributed by atoms with Crippen molar-refractivity contribution in [3.63, 3.8) is 0 Å². The third-order valence-electron chi connectivity index (χ3n) is 2.78. The maximum Gasteiger partial charge on any atom is 0.212 e. The van der Waals surface area contributed by atoms with Crippen LogP contribution in [0.1, 0.15) is 51.0 Å². The molecule has 18 heavy (non-hydrogen) atoms. The molecule has 2 rings (SSSR count). The van der Waals surface area contributed by atoms with Crippen LogP contribution in [0.2, 0.25) is 0 Å². The zero-order valence-corrected chi connectivity index (χ0v) is 12.5. The first-order chi connectivity index (χ1) is 8.32. The van der Waals surface area contributed by atoms with E-state index < -0.39 is 0 Å². The van der Waals surface area contributed by atoms with Crippen LogP contribution >= 0.6 is 11.3 Å². The van der Waals surface area contributed by atoms with Crippen LogP contribution in [0.5, 0.6) is 0 Å². The van der Waals surface area contributed by atoms with Crippen molar-refractivity contribution in [2.75, 3.05) is 0 Å². The molecule has 100 valence electrons. The second-order valence-corrected chi connectivity index (χ2v) is 7.14. The van der Waals surface area contributed by atoms with E-state index in [0.29, 0.717) is 5.92 Å². The van der Waals surface area contributed by atoms with E-state index in [-0.39, 0.29) is 12.0 Å². The molecule has 2 heterocycles. The van der Waals surface area contributed by atoms with Crippen LogP contribution < -0.4 is 0 Å². The Morgan fingerprint density at radius 1 is 1.33 bits per heavy atom. The molecule has 0 unspecified atom stereocenters. The molecule has 4 nitrogen and oxygen atoms in total. The van der Waals surface area contributed by atoms with Gasteiger partial charge in [0.25, 0.3) is 0 Å². The molecular formula is C13H21N3OS. The highest BCUT2D eigenvalue weighted by molar-refractivity contribution is 7.16. The maximum absolute atomic E-state index is 9.56. The van der Waals surface area contributed by atoms with Gasteiger partial charge in [0.1, 0.15) is 5.01 Å². The molecule has 0 fully saturated rings. The zero-order chi connectivity index (χ0) is 13.5. The molecule has 0 aliphatic heterocycles. The Balaban J connectivity index is 2.50. The summed E-state index contributed by atoms with van der Waals surface area (Å²) in [6, 6.07) is 0.